The Morgan fingerprint density at radius 1 is 1.12 bits per heavy atom. The lowest BCUT2D eigenvalue weighted by atomic mass is 10.3. The third kappa shape index (κ3) is 4.95. The van der Waals surface area contributed by atoms with Gasteiger partial charge >= 0.3 is 0 Å². The summed E-state index contributed by atoms with van der Waals surface area (Å²) < 4.78 is 1.48. The largest absolute Gasteiger partial charge is 0.356 e. The van der Waals surface area contributed by atoms with Crippen molar-refractivity contribution in [3.05, 3.63) is 39.9 Å². The van der Waals surface area contributed by atoms with E-state index in [0.29, 0.717) is 34.5 Å². The van der Waals surface area contributed by atoms with E-state index in [9.17, 15) is 9.59 Å². The van der Waals surface area contributed by atoms with E-state index in [-0.39, 0.29) is 24.7 Å². The maximum absolute atomic E-state index is 12.3. The molecule has 2 N–H and O–H groups in total. The average molecular weight is 398 g/mol. The first-order valence-electron chi connectivity index (χ1n) is 8.43. The summed E-state index contributed by atoms with van der Waals surface area (Å²) in [6.45, 7) is 4.69. The molecule has 0 spiro atoms. The summed E-state index contributed by atoms with van der Waals surface area (Å²) in [5.74, 6) is 0.00490. The normalized spacial score (nSPS) is 10.6. The number of hydrogen-bond acceptors (Lipinski definition) is 4. The number of benzene rings is 1. The molecule has 1 aromatic carbocycles. The van der Waals surface area contributed by atoms with E-state index in [2.05, 4.69) is 20.7 Å². The van der Waals surface area contributed by atoms with Gasteiger partial charge in [-0.15, -0.1) is 5.10 Å². The quantitative estimate of drug-likeness (QED) is 0.716. The van der Waals surface area contributed by atoms with Crippen LogP contribution in [0.4, 0.5) is 0 Å². The Balaban J connectivity index is 2.10. The lowest BCUT2D eigenvalue weighted by Gasteiger charge is -2.08. The summed E-state index contributed by atoms with van der Waals surface area (Å²) in [5.41, 5.74) is 0.484. The second kappa shape index (κ2) is 9.54. The first kappa shape index (κ1) is 20.2. The van der Waals surface area contributed by atoms with Gasteiger partial charge in [0.2, 0.25) is 11.7 Å². The molecule has 2 aromatic rings. The highest BCUT2D eigenvalue weighted by molar-refractivity contribution is 6.37. The number of aryl methyl sites for hydroxylation is 1. The number of carbonyl (C=O) groups excluding carboxylic acids is 2. The van der Waals surface area contributed by atoms with Crippen LogP contribution in [0, 0.1) is 0 Å². The lowest BCUT2D eigenvalue weighted by Crippen LogP contribution is -2.31. The Bertz CT molecular complexity index is 771. The third-order valence-corrected chi connectivity index (χ3v) is 4.16. The molecule has 2 rings (SSSR count). The first-order valence-corrected chi connectivity index (χ1v) is 9.18. The fraction of sp³-hybridized carbons (Fsp3) is 0.412. The summed E-state index contributed by atoms with van der Waals surface area (Å²) >= 11 is 12.4. The lowest BCUT2D eigenvalue weighted by molar-refractivity contribution is -0.120. The van der Waals surface area contributed by atoms with Crippen molar-refractivity contribution >= 4 is 35.0 Å². The fourth-order valence-electron chi connectivity index (χ4n) is 2.26. The predicted molar refractivity (Wildman–Crippen MR) is 101 cm³/mol. The van der Waals surface area contributed by atoms with Crippen molar-refractivity contribution in [3.63, 3.8) is 0 Å². The third-order valence-electron chi connectivity index (χ3n) is 3.55. The molecule has 9 heteroatoms. The Hall–Kier alpha value is -2.12. The summed E-state index contributed by atoms with van der Waals surface area (Å²) in [6, 6.07) is 5.12. The number of para-hydroxylation sites is 1. The highest BCUT2D eigenvalue weighted by atomic mass is 35.5. The SMILES string of the molecule is CCCNC(=O)CCNC(=O)c1nc(CC)n(-c2c(Cl)cccc2Cl)n1. The smallest absolute Gasteiger partial charge is 0.290 e. The van der Waals surface area contributed by atoms with Gasteiger partial charge in [-0.3, -0.25) is 9.59 Å². The molecule has 0 atom stereocenters. The number of hydrogen-bond donors (Lipinski definition) is 2. The number of carbonyl (C=O) groups is 2. The Labute approximate surface area is 162 Å². The van der Waals surface area contributed by atoms with Crippen LogP contribution >= 0.6 is 23.2 Å². The Kier molecular flexibility index (Phi) is 7.41. The van der Waals surface area contributed by atoms with Crippen LogP contribution in [0.3, 0.4) is 0 Å². The summed E-state index contributed by atoms with van der Waals surface area (Å²) in [6.07, 6.45) is 1.61. The van der Waals surface area contributed by atoms with Crippen LogP contribution in [0.15, 0.2) is 18.2 Å². The molecule has 0 aliphatic carbocycles. The van der Waals surface area contributed by atoms with E-state index in [0.717, 1.165) is 6.42 Å². The van der Waals surface area contributed by atoms with Gasteiger partial charge in [0.05, 0.1) is 10.0 Å². The van der Waals surface area contributed by atoms with Gasteiger partial charge in [-0.1, -0.05) is 43.1 Å². The minimum atomic E-state index is -0.454. The molecule has 0 radical (unpaired) electrons. The minimum Gasteiger partial charge on any atom is -0.356 e. The number of rotatable bonds is 8. The van der Waals surface area contributed by atoms with Crippen LogP contribution in [-0.4, -0.2) is 39.7 Å². The molecule has 0 aliphatic rings. The molecule has 2 amide bonds. The van der Waals surface area contributed by atoms with E-state index in [1.807, 2.05) is 13.8 Å². The molecule has 140 valence electrons. The van der Waals surface area contributed by atoms with Crippen molar-refractivity contribution in [3.8, 4) is 5.69 Å². The molecule has 0 saturated carbocycles. The zero-order valence-electron chi connectivity index (χ0n) is 14.7. The maximum Gasteiger partial charge on any atom is 0.290 e. The van der Waals surface area contributed by atoms with Crippen molar-refractivity contribution < 1.29 is 9.59 Å². The number of nitrogens with zero attached hydrogens (tertiary/aromatic N) is 3. The van der Waals surface area contributed by atoms with Crippen LogP contribution in [0.2, 0.25) is 10.0 Å². The van der Waals surface area contributed by atoms with Gasteiger partial charge in [0, 0.05) is 25.9 Å². The molecule has 0 unspecified atom stereocenters. The number of halogens is 2. The fourth-order valence-corrected chi connectivity index (χ4v) is 2.82. The van der Waals surface area contributed by atoms with Crippen LogP contribution in [0.25, 0.3) is 5.69 Å². The highest BCUT2D eigenvalue weighted by Gasteiger charge is 2.19. The maximum atomic E-state index is 12.3. The van der Waals surface area contributed by atoms with Gasteiger partial charge in [0.25, 0.3) is 5.91 Å². The summed E-state index contributed by atoms with van der Waals surface area (Å²) in [7, 11) is 0. The van der Waals surface area contributed by atoms with Crippen molar-refractivity contribution in [2.45, 2.75) is 33.1 Å². The summed E-state index contributed by atoms with van der Waals surface area (Å²) in [5, 5.41) is 10.5. The van der Waals surface area contributed by atoms with Crippen LogP contribution in [-0.2, 0) is 11.2 Å². The highest BCUT2D eigenvalue weighted by Crippen LogP contribution is 2.28. The van der Waals surface area contributed by atoms with E-state index in [1.54, 1.807) is 18.2 Å². The standard InChI is InChI=1S/C17H21Cl2N5O2/c1-3-9-20-14(25)8-10-21-17(26)16-22-13(4-2)24(23-16)15-11(18)6-5-7-12(15)19/h5-7H,3-4,8-10H2,1-2H3,(H,20,25)(H,21,26). The zero-order chi connectivity index (χ0) is 19.1. The second-order valence-electron chi connectivity index (χ2n) is 5.54. The van der Waals surface area contributed by atoms with Gasteiger partial charge in [-0.25, -0.2) is 9.67 Å². The number of amides is 2. The van der Waals surface area contributed by atoms with Gasteiger partial charge in [-0.05, 0) is 18.6 Å². The van der Waals surface area contributed by atoms with Gasteiger partial charge in [-0.2, -0.15) is 0 Å². The second-order valence-corrected chi connectivity index (χ2v) is 6.36. The topological polar surface area (TPSA) is 88.9 Å². The average Bonchev–Trinajstić information content (AvgIpc) is 3.04. The van der Waals surface area contributed by atoms with Crippen molar-refractivity contribution in [2.75, 3.05) is 13.1 Å². The zero-order valence-corrected chi connectivity index (χ0v) is 16.2. The predicted octanol–water partition coefficient (Wildman–Crippen LogP) is 2.78. The molecule has 0 bridgehead atoms. The number of nitrogens with one attached hydrogen (secondary N) is 2. The van der Waals surface area contributed by atoms with Gasteiger partial charge in [0.15, 0.2) is 0 Å². The van der Waals surface area contributed by atoms with E-state index < -0.39 is 5.91 Å². The molecular formula is C17H21Cl2N5O2. The molecule has 0 aliphatic heterocycles. The van der Waals surface area contributed by atoms with Crippen molar-refractivity contribution in [2.24, 2.45) is 0 Å². The molecular weight excluding hydrogens is 377 g/mol. The molecule has 7 nitrogen and oxygen atoms in total. The van der Waals surface area contributed by atoms with E-state index >= 15 is 0 Å². The first-order chi connectivity index (χ1) is 12.5. The van der Waals surface area contributed by atoms with Crippen molar-refractivity contribution in [1.82, 2.24) is 25.4 Å². The van der Waals surface area contributed by atoms with Crippen LogP contribution in [0.1, 0.15) is 43.1 Å². The van der Waals surface area contributed by atoms with Crippen LogP contribution in [0.5, 0.6) is 0 Å². The summed E-state index contributed by atoms with van der Waals surface area (Å²) in [4.78, 5) is 28.1. The van der Waals surface area contributed by atoms with E-state index in [1.165, 1.54) is 4.68 Å². The number of aromatic nitrogens is 3. The Morgan fingerprint density at radius 2 is 1.81 bits per heavy atom. The van der Waals surface area contributed by atoms with Crippen LogP contribution < -0.4 is 10.6 Å². The molecule has 0 fully saturated rings. The minimum absolute atomic E-state index is 0.00630. The molecule has 0 saturated heterocycles. The molecule has 26 heavy (non-hydrogen) atoms. The Morgan fingerprint density at radius 3 is 2.42 bits per heavy atom. The molecule has 1 aromatic heterocycles. The van der Waals surface area contributed by atoms with Gasteiger partial charge < -0.3 is 10.6 Å². The van der Waals surface area contributed by atoms with E-state index in [4.69, 9.17) is 23.2 Å². The molecule has 1 heterocycles. The van der Waals surface area contributed by atoms with Crippen molar-refractivity contribution in [1.29, 1.82) is 0 Å². The van der Waals surface area contributed by atoms with Gasteiger partial charge in [0.1, 0.15) is 11.5 Å². The monoisotopic (exact) mass is 397 g/mol.